The second-order valence-electron chi connectivity index (χ2n) is 6.01. The molecule has 0 aliphatic heterocycles. The summed E-state index contributed by atoms with van der Waals surface area (Å²) in [6.45, 7) is 5.46. The van der Waals surface area contributed by atoms with Crippen molar-refractivity contribution in [2.24, 2.45) is 0 Å². The quantitative estimate of drug-likeness (QED) is 0.778. The van der Waals surface area contributed by atoms with E-state index in [1.807, 2.05) is 6.20 Å². The van der Waals surface area contributed by atoms with Crippen LogP contribution >= 0.6 is 0 Å². The van der Waals surface area contributed by atoms with E-state index in [9.17, 15) is 0 Å². The Morgan fingerprint density at radius 2 is 2.11 bits per heavy atom. The monoisotopic (exact) mass is 259 g/mol. The molecule has 19 heavy (non-hydrogen) atoms. The lowest BCUT2D eigenvalue weighted by atomic mass is 10.2. The molecule has 1 aromatic heterocycles. The van der Waals surface area contributed by atoms with E-state index in [4.69, 9.17) is 0 Å². The highest BCUT2D eigenvalue weighted by molar-refractivity contribution is 5.14. The molecular weight excluding hydrogens is 234 g/mol. The van der Waals surface area contributed by atoms with Gasteiger partial charge < -0.3 is 5.32 Å². The van der Waals surface area contributed by atoms with Crippen LogP contribution in [-0.2, 0) is 13.1 Å². The zero-order chi connectivity index (χ0) is 13.1. The SMILES string of the molecule is CCCN(Cc1ccc(CNC2CC2)cn1)C1CC1. The van der Waals surface area contributed by atoms with E-state index in [-0.39, 0.29) is 0 Å². The second-order valence-corrected chi connectivity index (χ2v) is 6.01. The summed E-state index contributed by atoms with van der Waals surface area (Å²) in [6, 6.07) is 6.04. The van der Waals surface area contributed by atoms with Crippen molar-refractivity contribution >= 4 is 0 Å². The molecule has 0 unspecified atom stereocenters. The van der Waals surface area contributed by atoms with Gasteiger partial charge in [0.1, 0.15) is 0 Å². The van der Waals surface area contributed by atoms with Gasteiger partial charge in [0.15, 0.2) is 0 Å². The Kier molecular flexibility index (Phi) is 4.14. The summed E-state index contributed by atoms with van der Waals surface area (Å²) < 4.78 is 0. The van der Waals surface area contributed by atoms with Gasteiger partial charge in [-0.3, -0.25) is 9.88 Å². The summed E-state index contributed by atoms with van der Waals surface area (Å²) in [5.74, 6) is 0. The van der Waals surface area contributed by atoms with E-state index in [1.54, 1.807) is 0 Å². The number of hydrogen-bond acceptors (Lipinski definition) is 3. The first-order valence-electron chi connectivity index (χ1n) is 7.76. The third kappa shape index (κ3) is 4.02. The van der Waals surface area contributed by atoms with Crippen LogP contribution in [0.3, 0.4) is 0 Å². The van der Waals surface area contributed by atoms with Gasteiger partial charge in [-0.2, -0.15) is 0 Å². The molecular formula is C16H25N3. The van der Waals surface area contributed by atoms with Gasteiger partial charge in [-0.15, -0.1) is 0 Å². The van der Waals surface area contributed by atoms with Crippen molar-refractivity contribution in [3.05, 3.63) is 29.6 Å². The molecule has 2 aliphatic carbocycles. The molecule has 1 N–H and O–H groups in total. The van der Waals surface area contributed by atoms with Crippen LogP contribution in [0, 0.1) is 0 Å². The van der Waals surface area contributed by atoms with Crippen molar-refractivity contribution in [1.82, 2.24) is 15.2 Å². The number of hydrogen-bond donors (Lipinski definition) is 1. The van der Waals surface area contributed by atoms with E-state index < -0.39 is 0 Å². The molecule has 3 heteroatoms. The van der Waals surface area contributed by atoms with Gasteiger partial charge in [0.05, 0.1) is 5.69 Å². The normalized spacial score (nSPS) is 19.1. The fourth-order valence-corrected chi connectivity index (χ4v) is 2.53. The van der Waals surface area contributed by atoms with Crippen LogP contribution in [0.5, 0.6) is 0 Å². The summed E-state index contributed by atoms with van der Waals surface area (Å²) >= 11 is 0. The van der Waals surface area contributed by atoms with Gasteiger partial charge in [-0.05, 0) is 50.3 Å². The largest absolute Gasteiger partial charge is 0.310 e. The highest BCUT2D eigenvalue weighted by Crippen LogP contribution is 2.28. The lowest BCUT2D eigenvalue weighted by molar-refractivity contribution is 0.252. The van der Waals surface area contributed by atoms with Crippen molar-refractivity contribution in [3.8, 4) is 0 Å². The highest BCUT2D eigenvalue weighted by Gasteiger charge is 2.28. The summed E-state index contributed by atoms with van der Waals surface area (Å²) in [7, 11) is 0. The Bertz CT molecular complexity index is 393. The van der Waals surface area contributed by atoms with E-state index in [0.717, 1.165) is 25.2 Å². The standard InChI is InChI=1S/C16H25N3/c1-2-9-19(16-7-8-16)12-15-4-3-13(11-18-15)10-17-14-5-6-14/h3-4,11,14,16-17H,2,5-10,12H2,1H3. The van der Waals surface area contributed by atoms with Crippen molar-refractivity contribution in [2.75, 3.05) is 6.54 Å². The number of pyridine rings is 1. The predicted molar refractivity (Wildman–Crippen MR) is 77.8 cm³/mol. The Hall–Kier alpha value is -0.930. The van der Waals surface area contributed by atoms with Crippen LogP contribution in [0.1, 0.15) is 50.3 Å². The minimum Gasteiger partial charge on any atom is -0.310 e. The first-order valence-corrected chi connectivity index (χ1v) is 7.76. The maximum absolute atomic E-state index is 4.63. The van der Waals surface area contributed by atoms with Gasteiger partial charge in [0, 0.05) is 31.4 Å². The van der Waals surface area contributed by atoms with Crippen LogP contribution in [0.15, 0.2) is 18.3 Å². The van der Waals surface area contributed by atoms with Gasteiger partial charge in [-0.25, -0.2) is 0 Å². The molecule has 0 atom stereocenters. The van der Waals surface area contributed by atoms with Crippen molar-refractivity contribution in [1.29, 1.82) is 0 Å². The molecule has 1 heterocycles. The average Bonchev–Trinajstić information content (AvgIpc) is 3.30. The first kappa shape index (κ1) is 13.1. The molecule has 3 nitrogen and oxygen atoms in total. The highest BCUT2D eigenvalue weighted by atomic mass is 15.2. The number of rotatable bonds is 8. The fraction of sp³-hybridized carbons (Fsp3) is 0.688. The summed E-state index contributed by atoms with van der Waals surface area (Å²) in [6.07, 6.45) is 8.73. The lowest BCUT2D eigenvalue weighted by Gasteiger charge is -2.20. The Morgan fingerprint density at radius 1 is 1.26 bits per heavy atom. The molecule has 2 fully saturated rings. The molecule has 1 aromatic rings. The Morgan fingerprint density at radius 3 is 2.68 bits per heavy atom. The Labute approximate surface area is 116 Å². The summed E-state index contributed by atoms with van der Waals surface area (Å²) in [4.78, 5) is 7.22. The molecule has 0 radical (unpaired) electrons. The smallest absolute Gasteiger partial charge is 0.0544 e. The minimum atomic E-state index is 0.773. The van der Waals surface area contributed by atoms with Crippen LogP contribution in [0.2, 0.25) is 0 Å². The lowest BCUT2D eigenvalue weighted by Crippen LogP contribution is -2.26. The molecule has 0 aromatic carbocycles. The van der Waals surface area contributed by atoms with Crippen LogP contribution in [-0.4, -0.2) is 28.5 Å². The zero-order valence-electron chi connectivity index (χ0n) is 11.9. The number of nitrogens with zero attached hydrogens (tertiary/aromatic N) is 2. The fourth-order valence-electron chi connectivity index (χ4n) is 2.53. The first-order chi connectivity index (χ1) is 9.35. The van der Waals surface area contributed by atoms with Gasteiger partial charge in [0.2, 0.25) is 0 Å². The van der Waals surface area contributed by atoms with Crippen LogP contribution < -0.4 is 5.32 Å². The van der Waals surface area contributed by atoms with Crippen LogP contribution in [0.25, 0.3) is 0 Å². The summed E-state index contributed by atoms with van der Waals surface area (Å²) in [5.41, 5.74) is 2.53. The van der Waals surface area contributed by atoms with Crippen LogP contribution in [0.4, 0.5) is 0 Å². The Balaban J connectivity index is 1.51. The zero-order valence-corrected chi connectivity index (χ0v) is 11.9. The molecule has 0 amide bonds. The topological polar surface area (TPSA) is 28.2 Å². The predicted octanol–water partition coefficient (Wildman–Crippen LogP) is 2.71. The third-order valence-corrected chi connectivity index (χ3v) is 4.00. The minimum absolute atomic E-state index is 0.773. The van der Waals surface area contributed by atoms with Crippen molar-refractivity contribution in [3.63, 3.8) is 0 Å². The molecule has 104 valence electrons. The van der Waals surface area contributed by atoms with Gasteiger partial charge in [-0.1, -0.05) is 13.0 Å². The second kappa shape index (κ2) is 6.02. The summed E-state index contributed by atoms with van der Waals surface area (Å²) in [5, 5.41) is 3.53. The molecule has 2 saturated carbocycles. The number of nitrogens with one attached hydrogen (secondary N) is 1. The van der Waals surface area contributed by atoms with Crippen molar-refractivity contribution in [2.45, 2.75) is 64.2 Å². The van der Waals surface area contributed by atoms with E-state index >= 15 is 0 Å². The third-order valence-electron chi connectivity index (χ3n) is 4.00. The maximum Gasteiger partial charge on any atom is 0.0544 e. The van der Waals surface area contributed by atoms with E-state index in [2.05, 4.69) is 34.3 Å². The van der Waals surface area contributed by atoms with Crippen molar-refractivity contribution < 1.29 is 0 Å². The van der Waals surface area contributed by atoms with E-state index in [0.29, 0.717) is 0 Å². The van der Waals surface area contributed by atoms with E-state index in [1.165, 1.54) is 49.9 Å². The molecule has 0 saturated heterocycles. The molecule has 2 aliphatic rings. The molecule has 3 rings (SSSR count). The molecule has 0 bridgehead atoms. The molecule has 0 spiro atoms. The maximum atomic E-state index is 4.63. The average molecular weight is 259 g/mol. The van der Waals surface area contributed by atoms with Gasteiger partial charge >= 0.3 is 0 Å². The number of aromatic nitrogens is 1. The van der Waals surface area contributed by atoms with Gasteiger partial charge in [0.25, 0.3) is 0 Å².